The van der Waals surface area contributed by atoms with E-state index in [2.05, 4.69) is 5.32 Å². The van der Waals surface area contributed by atoms with Crippen LogP contribution >= 0.6 is 11.3 Å². The van der Waals surface area contributed by atoms with Gasteiger partial charge in [-0.3, -0.25) is 4.79 Å². The smallest absolute Gasteiger partial charge is 0.341 e. The van der Waals surface area contributed by atoms with Crippen molar-refractivity contribution >= 4 is 34.2 Å². The molecule has 1 aliphatic rings. The number of carboxylic acids is 1. The fourth-order valence-electron chi connectivity index (χ4n) is 3.26. The lowest BCUT2D eigenvalue weighted by atomic mass is 9.82. The number of esters is 1. The molecule has 1 heterocycles. The van der Waals surface area contributed by atoms with E-state index in [-0.39, 0.29) is 18.6 Å². The van der Waals surface area contributed by atoms with Gasteiger partial charge in [-0.05, 0) is 25.3 Å². The molecule has 0 aliphatic heterocycles. The molecule has 0 saturated carbocycles. The number of carboxylic acid groups (broad SMARTS) is 1. The van der Waals surface area contributed by atoms with Crippen LogP contribution in [0.1, 0.15) is 30.1 Å². The zero-order valence-corrected chi connectivity index (χ0v) is 16.2. The van der Waals surface area contributed by atoms with Gasteiger partial charge in [0.05, 0.1) is 12.5 Å². The van der Waals surface area contributed by atoms with E-state index in [1.165, 1.54) is 11.3 Å². The SMILES string of the molecule is CCOC(=O)c1c(-c2ccccc2)csc1NC(=O)[C@H]1CC=CC[C@@H]1C(=O)[O-]. The predicted octanol–water partition coefficient (Wildman–Crippen LogP) is 2.86. The molecule has 0 bridgehead atoms. The Hall–Kier alpha value is -2.93. The molecule has 3 rings (SSSR count). The van der Waals surface area contributed by atoms with Gasteiger partial charge in [0, 0.05) is 22.8 Å². The molecule has 1 aromatic carbocycles. The molecule has 2 atom stereocenters. The first-order valence-corrected chi connectivity index (χ1v) is 9.91. The van der Waals surface area contributed by atoms with E-state index < -0.39 is 29.7 Å². The van der Waals surface area contributed by atoms with Crippen LogP contribution in [0.25, 0.3) is 11.1 Å². The zero-order valence-electron chi connectivity index (χ0n) is 15.3. The maximum absolute atomic E-state index is 12.8. The average Bonchev–Trinajstić information content (AvgIpc) is 3.12. The summed E-state index contributed by atoms with van der Waals surface area (Å²) in [4.78, 5) is 36.7. The number of ether oxygens (including phenoxy) is 1. The van der Waals surface area contributed by atoms with Crippen molar-refractivity contribution in [2.45, 2.75) is 19.8 Å². The van der Waals surface area contributed by atoms with E-state index in [1.807, 2.05) is 30.3 Å². The van der Waals surface area contributed by atoms with Crippen molar-refractivity contribution in [2.24, 2.45) is 11.8 Å². The summed E-state index contributed by atoms with van der Waals surface area (Å²) in [7, 11) is 0. The first kappa shape index (κ1) is 19.8. The predicted molar refractivity (Wildman–Crippen MR) is 105 cm³/mol. The number of rotatable bonds is 6. The highest BCUT2D eigenvalue weighted by molar-refractivity contribution is 7.15. The Morgan fingerprint density at radius 3 is 2.46 bits per heavy atom. The van der Waals surface area contributed by atoms with E-state index in [4.69, 9.17) is 4.74 Å². The van der Waals surface area contributed by atoms with Gasteiger partial charge in [-0.15, -0.1) is 11.3 Å². The van der Waals surface area contributed by atoms with Crippen LogP contribution in [0.3, 0.4) is 0 Å². The van der Waals surface area contributed by atoms with Crippen molar-refractivity contribution in [1.29, 1.82) is 0 Å². The topological polar surface area (TPSA) is 95.5 Å². The molecule has 7 heteroatoms. The Morgan fingerprint density at radius 2 is 1.82 bits per heavy atom. The zero-order chi connectivity index (χ0) is 20.1. The second-order valence-corrected chi connectivity index (χ2v) is 7.28. The number of thiophene rings is 1. The van der Waals surface area contributed by atoms with Gasteiger partial charge in [-0.25, -0.2) is 4.79 Å². The number of allylic oxidation sites excluding steroid dienone is 2. The minimum absolute atomic E-state index is 0.205. The fourth-order valence-corrected chi connectivity index (χ4v) is 4.22. The standard InChI is InChI=1S/C21H21NO5S/c1-2-27-21(26)17-16(13-8-4-3-5-9-13)12-28-19(17)22-18(23)14-10-6-7-11-15(14)20(24)25/h3-9,12,14-15H,2,10-11H2,1H3,(H,22,23)(H,24,25)/p-1/t14-,15-/m0/s1. The third-order valence-electron chi connectivity index (χ3n) is 4.66. The average molecular weight is 398 g/mol. The summed E-state index contributed by atoms with van der Waals surface area (Å²) in [6.45, 7) is 1.92. The molecule has 1 amide bonds. The Balaban J connectivity index is 1.92. The highest BCUT2D eigenvalue weighted by Gasteiger charge is 2.31. The molecule has 0 spiro atoms. The highest BCUT2D eigenvalue weighted by atomic mass is 32.1. The minimum atomic E-state index is -1.24. The molecule has 2 aromatic rings. The van der Waals surface area contributed by atoms with Crippen LogP contribution in [-0.4, -0.2) is 24.5 Å². The number of benzene rings is 1. The van der Waals surface area contributed by atoms with E-state index in [0.29, 0.717) is 17.0 Å². The summed E-state index contributed by atoms with van der Waals surface area (Å²) in [5.74, 6) is -3.84. The van der Waals surface area contributed by atoms with Crippen LogP contribution < -0.4 is 10.4 Å². The third-order valence-corrected chi connectivity index (χ3v) is 5.56. The number of hydrogen-bond donors (Lipinski definition) is 1. The van der Waals surface area contributed by atoms with E-state index in [1.54, 1.807) is 24.5 Å². The molecule has 0 fully saturated rings. The van der Waals surface area contributed by atoms with Crippen LogP contribution in [0.15, 0.2) is 47.9 Å². The Morgan fingerprint density at radius 1 is 1.14 bits per heavy atom. The number of anilines is 1. The first-order chi connectivity index (χ1) is 13.5. The van der Waals surface area contributed by atoms with Crippen LogP contribution in [0, 0.1) is 11.8 Å². The summed E-state index contributed by atoms with van der Waals surface area (Å²) >= 11 is 1.21. The quantitative estimate of drug-likeness (QED) is 0.596. The van der Waals surface area contributed by atoms with Crippen LogP contribution in [0.5, 0.6) is 0 Å². The van der Waals surface area contributed by atoms with E-state index >= 15 is 0 Å². The summed E-state index contributed by atoms with van der Waals surface area (Å²) in [6, 6.07) is 9.33. The molecule has 1 aliphatic carbocycles. The van der Waals surface area contributed by atoms with Gasteiger partial charge in [-0.2, -0.15) is 0 Å². The Bertz CT molecular complexity index is 903. The molecule has 0 saturated heterocycles. The lowest BCUT2D eigenvalue weighted by Gasteiger charge is -2.28. The summed E-state index contributed by atoms with van der Waals surface area (Å²) in [5.41, 5.74) is 1.78. The third kappa shape index (κ3) is 4.14. The second-order valence-electron chi connectivity index (χ2n) is 6.40. The van der Waals surface area contributed by atoms with Crippen molar-refractivity contribution in [3.05, 3.63) is 53.4 Å². The Kier molecular flexibility index (Phi) is 6.26. The van der Waals surface area contributed by atoms with Gasteiger partial charge in [0.15, 0.2) is 0 Å². The van der Waals surface area contributed by atoms with Crippen LogP contribution in [0.4, 0.5) is 5.00 Å². The first-order valence-electron chi connectivity index (χ1n) is 9.03. The molecule has 0 unspecified atom stereocenters. The fraction of sp³-hybridized carbons (Fsp3) is 0.286. The van der Waals surface area contributed by atoms with Gasteiger partial charge in [0.1, 0.15) is 10.6 Å². The number of carbonyl (C=O) groups excluding carboxylic acids is 3. The van der Waals surface area contributed by atoms with Gasteiger partial charge >= 0.3 is 5.97 Å². The number of carbonyl (C=O) groups is 3. The molecule has 1 aromatic heterocycles. The summed E-state index contributed by atoms with van der Waals surface area (Å²) in [5, 5.41) is 16.3. The van der Waals surface area contributed by atoms with Crippen molar-refractivity contribution in [3.8, 4) is 11.1 Å². The highest BCUT2D eigenvalue weighted by Crippen LogP contribution is 2.37. The maximum atomic E-state index is 12.8. The van der Waals surface area contributed by atoms with Gasteiger partial charge in [0.2, 0.25) is 5.91 Å². The van der Waals surface area contributed by atoms with Crippen molar-refractivity contribution in [3.63, 3.8) is 0 Å². The Labute approximate surface area is 166 Å². The number of nitrogens with one attached hydrogen (secondary N) is 1. The van der Waals surface area contributed by atoms with Gasteiger partial charge < -0.3 is 20.0 Å². The monoisotopic (exact) mass is 398 g/mol. The normalized spacial score (nSPS) is 18.5. The molecule has 6 nitrogen and oxygen atoms in total. The molecular formula is C21H20NO5S-. The molecule has 28 heavy (non-hydrogen) atoms. The summed E-state index contributed by atoms with van der Waals surface area (Å²) in [6.07, 6.45) is 4.10. The largest absolute Gasteiger partial charge is 0.550 e. The minimum Gasteiger partial charge on any atom is -0.550 e. The van der Waals surface area contributed by atoms with Crippen LogP contribution in [-0.2, 0) is 14.3 Å². The molecule has 146 valence electrons. The molecule has 0 radical (unpaired) electrons. The van der Waals surface area contributed by atoms with Crippen molar-refractivity contribution in [1.82, 2.24) is 0 Å². The van der Waals surface area contributed by atoms with Gasteiger partial charge in [0.25, 0.3) is 0 Å². The van der Waals surface area contributed by atoms with Crippen molar-refractivity contribution in [2.75, 3.05) is 11.9 Å². The van der Waals surface area contributed by atoms with Crippen molar-refractivity contribution < 1.29 is 24.2 Å². The maximum Gasteiger partial charge on any atom is 0.341 e. The van der Waals surface area contributed by atoms with Crippen LogP contribution in [0.2, 0.25) is 0 Å². The lowest BCUT2D eigenvalue weighted by Crippen LogP contribution is -2.41. The number of aliphatic carboxylic acids is 1. The van der Waals surface area contributed by atoms with E-state index in [9.17, 15) is 19.5 Å². The number of hydrogen-bond acceptors (Lipinski definition) is 6. The molecular weight excluding hydrogens is 378 g/mol. The second kappa shape index (κ2) is 8.84. The number of amides is 1. The lowest BCUT2D eigenvalue weighted by molar-refractivity contribution is -0.313. The summed E-state index contributed by atoms with van der Waals surface area (Å²) < 4.78 is 5.18. The van der Waals surface area contributed by atoms with Gasteiger partial charge in [-0.1, -0.05) is 42.5 Å². The molecule has 1 N–H and O–H groups in total. The van der Waals surface area contributed by atoms with E-state index in [0.717, 1.165) is 5.56 Å².